The van der Waals surface area contributed by atoms with Gasteiger partial charge < -0.3 is 15.2 Å². The average molecular weight is 356 g/mol. The van der Waals surface area contributed by atoms with Crippen LogP contribution in [0.2, 0.25) is 0 Å². The van der Waals surface area contributed by atoms with Crippen LogP contribution in [0.5, 0.6) is 5.75 Å². The van der Waals surface area contributed by atoms with Crippen LogP contribution in [0, 0.1) is 6.92 Å². The first-order valence-electron chi connectivity index (χ1n) is 8.06. The van der Waals surface area contributed by atoms with Crippen LogP contribution in [-0.4, -0.2) is 29.6 Å². The van der Waals surface area contributed by atoms with Gasteiger partial charge in [-0.3, -0.25) is 10.1 Å². The molecule has 0 radical (unpaired) electrons. The molecule has 26 heavy (non-hydrogen) atoms. The third-order valence-corrected chi connectivity index (χ3v) is 3.58. The first-order valence-corrected chi connectivity index (χ1v) is 8.06. The number of nitrogens with one attached hydrogen (secondary N) is 2. The van der Waals surface area contributed by atoms with Crippen LogP contribution in [0.15, 0.2) is 48.5 Å². The maximum absolute atomic E-state index is 12.4. The molecule has 0 fully saturated rings. The molecule has 0 saturated heterocycles. The third-order valence-electron chi connectivity index (χ3n) is 3.58. The molecule has 3 N–H and O–H groups in total. The predicted octanol–water partition coefficient (Wildman–Crippen LogP) is 2.44. The van der Waals surface area contributed by atoms with Crippen molar-refractivity contribution in [3.05, 3.63) is 65.2 Å². The van der Waals surface area contributed by atoms with Gasteiger partial charge in [0.05, 0.1) is 5.56 Å². The molecule has 0 aliphatic carbocycles. The van der Waals surface area contributed by atoms with E-state index in [-0.39, 0.29) is 11.3 Å². The summed E-state index contributed by atoms with van der Waals surface area (Å²) < 4.78 is 5.32. The number of ether oxygens (including phenoxy) is 1. The molecule has 0 bridgehead atoms. The van der Waals surface area contributed by atoms with Gasteiger partial charge in [-0.05, 0) is 31.5 Å². The van der Waals surface area contributed by atoms with Crippen LogP contribution in [-0.2, 0) is 9.53 Å². The number of esters is 1. The van der Waals surface area contributed by atoms with Gasteiger partial charge in [-0.25, -0.2) is 9.59 Å². The molecule has 0 aliphatic rings. The smallest absolute Gasteiger partial charge is 0.339 e. The van der Waals surface area contributed by atoms with Gasteiger partial charge in [0.15, 0.2) is 0 Å². The number of urea groups is 1. The van der Waals surface area contributed by atoms with Crippen molar-refractivity contribution in [2.75, 3.05) is 6.54 Å². The maximum atomic E-state index is 12.4. The molecule has 0 spiro atoms. The van der Waals surface area contributed by atoms with Crippen molar-refractivity contribution in [3.8, 4) is 5.75 Å². The average Bonchev–Trinajstić information content (AvgIpc) is 2.62. The van der Waals surface area contributed by atoms with Crippen LogP contribution in [0.1, 0.15) is 34.5 Å². The molecule has 7 nitrogen and oxygen atoms in total. The number of aryl methyl sites for hydroxylation is 1. The fourth-order valence-corrected chi connectivity index (χ4v) is 2.19. The van der Waals surface area contributed by atoms with Crippen LogP contribution < -0.4 is 10.6 Å². The molecule has 0 heterocycles. The lowest BCUT2D eigenvalue weighted by Gasteiger charge is -2.18. The van der Waals surface area contributed by atoms with Gasteiger partial charge in [0.2, 0.25) is 6.10 Å². The molecule has 1 atom stereocenters. The zero-order valence-corrected chi connectivity index (χ0v) is 14.5. The normalized spacial score (nSPS) is 11.3. The Labute approximate surface area is 151 Å². The van der Waals surface area contributed by atoms with E-state index < -0.39 is 24.0 Å². The Morgan fingerprint density at radius 3 is 2.42 bits per heavy atom. The van der Waals surface area contributed by atoms with Crippen molar-refractivity contribution in [2.45, 2.75) is 20.0 Å². The second kappa shape index (κ2) is 8.66. The third kappa shape index (κ3) is 4.83. The SMILES string of the molecule is CCNC(=O)NC(=O)C(OC(=O)c1ccc(C)c(O)c1)c1ccccc1. The Bertz CT molecular complexity index is 805. The molecule has 0 aliphatic heterocycles. The number of rotatable bonds is 5. The number of amides is 3. The van der Waals surface area contributed by atoms with Crippen molar-refractivity contribution in [3.63, 3.8) is 0 Å². The van der Waals surface area contributed by atoms with Gasteiger partial charge in [-0.1, -0.05) is 36.4 Å². The second-order valence-electron chi connectivity index (χ2n) is 5.55. The van der Waals surface area contributed by atoms with Gasteiger partial charge in [0, 0.05) is 12.1 Å². The number of aromatic hydroxyl groups is 1. The van der Waals surface area contributed by atoms with Crippen molar-refractivity contribution in [1.29, 1.82) is 0 Å². The lowest BCUT2D eigenvalue weighted by atomic mass is 10.1. The lowest BCUT2D eigenvalue weighted by molar-refractivity contribution is -0.129. The molecule has 0 aromatic heterocycles. The number of phenolic OH excluding ortho intramolecular Hbond substituents is 1. The van der Waals surface area contributed by atoms with E-state index in [1.807, 2.05) is 0 Å². The monoisotopic (exact) mass is 356 g/mol. The van der Waals surface area contributed by atoms with Crippen molar-refractivity contribution in [1.82, 2.24) is 10.6 Å². The minimum absolute atomic E-state index is 0.0533. The fraction of sp³-hybridized carbons (Fsp3) is 0.211. The van der Waals surface area contributed by atoms with Crippen LogP contribution in [0.3, 0.4) is 0 Å². The highest BCUT2D eigenvalue weighted by Crippen LogP contribution is 2.22. The Balaban J connectivity index is 2.23. The Morgan fingerprint density at radius 1 is 1.12 bits per heavy atom. The molecule has 7 heteroatoms. The quantitative estimate of drug-likeness (QED) is 0.714. The Hall–Kier alpha value is -3.35. The standard InChI is InChI=1S/C19H20N2O5/c1-3-20-19(25)21-17(23)16(13-7-5-4-6-8-13)26-18(24)14-10-9-12(2)15(22)11-14/h4-11,16,22H,3H2,1-2H3,(H2,20,21,23,25). The van der Waals surface area contributed by atoms with E-state index in [1.54, 1.807) is 50.2 Å². The summed E-state index contributed by atoms with van der Waals surface area (Å²) in [6, 6.07) is 12.0. The largest absolute Gasteiger partial charge is 0.508 e. The molecule has 2 aromatic carbocycles. The summed E-state index contributed by atoms with van der Waals surface area (Å²) >= 11 is 0. The Morgan fingerprint density at radius 2 is 1.81 bits per heavy atom. The molecule has 3 amide bonds. The summed E-state index contributed by atoms with van der Waals surface area (Å²) in [6.45, 7) is 3.75. The van der Waals surface area contributed by atoms with Gasteiger partial charge in [-0.2, -0.15) is 0 Å². The highest BCUT2D eigenvalue weighted by Gasteiger charge is 2.27. The predicted molar refractivity (Wildman–Crippen MR) is 94.7 cm³/mol. The van der Waals surface area contributed by atoms with Gasteiger partial charge >= 0.3 is 12.0 Å². The van der Waals surface area contributed by atoms with Crippen LogP contribution >= 0.6 is 0 Å². The van der Waals surface area contributed by atoms with Crippen molar-refractivity contribution < 1.29 is 24.2 Å². The number of hydrogen-bond donors (Lipinski definition) is 3. The number of benzene rings is 2. The summed E-state index contributed by atoms with van der Waals surface area (Å²) in [5.74, 6) is -1.62. The number of hydrogen-bond acceptors (Lipinski definition) is 5. The number of carbonyl (C=O) groups is 3. The van der Waals surface area contributed by atoms with E-state index in [0.29, 0.717) is 17.7 Å². The molecule has 1 unspecified atom stereocenters. The minimum Gasteiger partial charge on any atom is -0.508 e. The molecular formula is C19H20N2O5. The van der Waals surface area contributed by atoms with Crippen molar-refractivity contribution >= 4 is 17.9 Å². The summed E-state index contributed by atoms with van der Waals surface area (Å²) in [5, 5.41) is 14.3. The number of carbonyl (C=O) groups excluding carboxylic acids is 3. The number of imide groups is 1. The highest BCUT2D eigenvalue weighted by molar-refractivity contribution is 5.99. The Kier molecular flexibility index (Phi) is 6.32. The first kappa shape index (κ1) is 19.0. The summed E-state index contributed by atoms with van der Waals surface area (Å²) in [7, 11) is 0. The zero-order chi connectivity index (χ0) is 19.1. The topological polar surface area (TPSA) is 105 Å². The van der Waals surface area contributed by atoms with E-state index in [0.717, 1.165) is 0 Å². The van der Waals surface area contributed by atoms with Gasteiger partial charge in [0.1, 0.15) is 5.75 Å². The summed E-state index contributed by atoms with van der Waals surface area (Å²) in [4.78, 5) is 36.4. The molecule has 136 valence electrons. The molecular weight excluding hydrogens is 336 g/mol. The molecule has 0 saturated carbocycles. The van der Waals surface area contributed by atoms with Crippen LogP contribution in [0.4, 0.5) is 4.79 Å². The maximum Gasteiger partial charge on any atom is 0.339 e. The summed E-state index contributed by atoms with van der Waals surface area (Å²) in [6.07, 6.45) is -1.31. The summed E-state index contributed by atoms with van der Waals surface area (Å²) in [5.41, 5.74) is 1.12. The van der Waals surface area contributed by atoms with Gasteiger partial charge in [-0.15, -0.1) is 0 Å². The van der Waals surface area contributed by atoms with E-state index in [9.17, 15) is 19.5 Å². The zero-order valence-electron chi connectivity index (χ0n) is 14.5. The number of phenols is 1. The molecule has 2 rings (SSSR count). The molecule has 2 aromatic rings. The van der Waals surface area contributed by atoms with E-state index in [4.69, 9.17) is 4.74 Å². The van der Waals surface area contributed by atoms with Crippen LogP contribution in [0.25, 0.3) is 0 Å². The first-order chi connectivity index (χ1) is 12.4. The second-order valence-corrected chi connectivity index (χ2v) is 5.55. The fourth-order valence-electron chi connectivity index (χ4n) is 2.19. The van der Waals surface area contributed by atoms with Gasteiger partial charge in [0.25, 0.3) is 5.91 Å². The minimum atomic E-state index is -1.31. The van der Waals surface area contributed by atoms with Crippen molar-refractivity contribution in [2.24, 2.45) is 0 Å². The highest BCUT2D eigenvalue weighted by atomic mass is 16.5. The lowest BCUT2D eigenvalue weighted by Crippen LogP contribution is -2.42. The van der Waals surface area contributed by atoms with E-state index >= 15 is 0 Å². The van der Waals surface area contributed by atoms with E-state index in [1.165, 1.54) is 12.1 Å². The van der Waals surface area contributed by atoms with E-state index in [2.05, 4.69) is 10.6 Å².